The third-order valence-electron chi connectivity index (χ3n) is 2.94. The number of methoxy groups -OCH3 is 2. The predicted octanol–water partition coefficient (Wildman–Crippen LogP) is 3.20. The van der Waals surface area contributed by atoms with Gasteiger partial charge in [0, 0.05) is 11.6 Å². The first-order chi connectivity index (χ1) is 10.2. The van der Waals surface area contributed by atoms with Gasteiger partial charge in [0.2, 0.25) is 0 Å². The lowest BCUT2D eigenvalue weighted by Gasteiger charge is -2.12. The number of esters is 1. The molecule has 2 rings (SSSR count). The number of carbonyl (C=O) groups is 1. The summed E-state index contributed by atoms with van der Waals surface area (Å²) in [5.74, 6) is -0.0724. The van der Waals surface area contributed by atoms with Crippen LogP contribution in [-0.4, -0.2) is 20.2 Å². The first-order valence-electron chi connectivity index (χ1n) is 6.28. The van der Waals surface area contributed by atoms with Gasteiger partial charge in [-0.05, 0) is 18.2 Å². The van der Waals surface area contributed by atoms with Crippen LogP contribution in [-0.2, 0) is 11.3 Å². The van der Waals surface area contributed by atoms with Crippen molar-refractivity contribution >= 4 is 5.97 Å². The van der Waals surface area contributed by atoms with E-state index in [2.05, 4.69) is 0 Å². The average molecular weight is 290 g/mol. The number of rotatable bonds is 5. The summed E-state index contributed by atoms with van der Waals surface area (Å²) in [5.41, 5.74) is 0.658. The third-order valence-corrected chi connectivity index (χ3v) is 2.94. The second-order valence-corrected chi connectivity index (χ2v) is 4.23. The van der Waals surface area contributed by atoms with Crippen LogP contribution in [0.25, 0.3) is 0 Å². The average Bonchev–Trinajstić information content (AvgIpc) is 2.53. The lowest BCUT2D eigenvalue weighted by Crippen LogP contribution is -2.06. The summed E-state index contributed by atoms with van der Waals surface area (Å²) >= 11 is 0. The number of carbonyl (C=O) groups excluding carboxylic acids is 1. The Balaban J connectivity index is 2.25. The van der Waals surface area contributed by atoms with Crippen LogP contribution in [0.3, 0.4) is 0 Å². The van der Waals surface area contributed by atoms with E-state index in [-0.39, 0.29) is 23.7 Å². The van der Waals surface area contributed by atoms with Gasteiger partial charge < -0.3 is 14.2 Å². The summed E-state index contributed by atoms with van der Waals surface area (Å²) in [6.07, 6.45) is 0. The smallest absolute Gasteiger partial charge is 0.341 e. The van der Waals surface area contributed by atoms with Crippen molar-refractivity contribution in [2.24, 2.45) is 0 Å². The molecule has 2 aromatic rings. The topological polar surface area (TPSA) is 44.8 Å². The first kappa shape index (κ1) is 14.8. The van der Waals surface area contributed by atoms with E-state index in [0.29, 0.717) is 11.3 Å². The van der Waals surface area contributed by atoms with Gasteiger partial charge in [-0.25, -0.2) is 9.18 Å². The van der Waals surface area contributed by atoms with Crippen molar-refractivity contribution in [2.45, 2.75) is 6.61 Å². The highest BCUT2D eigenvalue weighted by Crippen LogP contribution is 2.26. The first-order valence-corrected chi connectivity index (χ1v) is 6.28. The van der Waals surface area contributed by atoms with Gasteiger partial charge in [0.15, 0.2) is 0 Å². The van der Waals surface area contributed by atoms with Crippen molar-refractivity contribution in [2.75, 3.05) is 14.2 Å². The molecule has 0 aliphatic carbocycles. The highest BCUT2D eigenvalue weighted by molar-refractivity contribution is 5.92. The zero-order chi connectivity index (χ0) is 15.2. The molecule has 0 saturated carbocycles. The van der Waals surface area contributed by atoms with Gasteiger partial charge in [-0.15, -0.1) is 0 Å². The van der Waals surface area contributed by atoms with Gasteiger partial charge in [-0.2, -0.15) is 0 Å². The molecule has 0 saturated heterocycles. The van der Waals surface area contributed by atoms with E-state index < -0.39 is 5.97 Å². The zero-order valence-electron chi connectivity index (χ0n) is 11.8. The molecule has 5 heteroatoms. The van der Waals surface area contributed by atoms with Crippen LogP contribution in [0.15, 0.2) is 42.5 Å². The Kier molecular flexibility index (Phi) is 4.77. The minimum absolute atomic E-state index is 0.00380. The van der Waals surface area contributed by atoms with E-state index in [1.54, 1.807) is 36.4 Å². The normalized spacial score (nSPS) is 10.0. The summed E-state index contributed by atoms with van der Waals surface area (Å²) in [5, 5.41) is 0. The predicted molar refractivity (Wildman–Crippen MR) is 75.1 cm³/mol. The lowest BCUT2D eigenvalue weighted by molar-refractivity contribution is 0.0595. The SMILES string of the molecule is COC(=O)c1ccc(OC)cc1OCc1ccccc1F. The molecule has 2 aromatic carbocycles. The van der Waals surface area contributed by atoms with Crippen molar-refractivity contribution < 1.29 is 23.4 Å². The summed E-state index contributed by atoms with van der Waals surface area (Å²) in [7, 11) is 2.79. The molecule has 0 unspecified atom stereocenters. The van der Waals surface area contributed by atoms with Crippen molar-refractivity contribution in [1.82, 2.24) is 0 Å². The van der Waals surface area contributed by atoms with Crippen LogP contribution in [0.2, 0.25) is 0 Å². The summed E-state index contributed by atoms with van der Waals surface area (Å²) < 4.78 is 28.9. The Morgan fingerprint density at radius 1 is 1.14 bits per heavy atom. The monoisotopic (exact) mass is 290 g/mol. The highest BCUT2D eigenvalue weighted by atomic mass is 19.1. The quantitative estimate of drug-likeness (QED) is 0.793. The highest BCUT2D eigenvalue weighted by Gasteiger charge is 2.15. The van der Waals surface area contributed by atoms with E-state index in [0.717, 1.165) is 0 Å². The molecule has 0 bridgehead atoms. The lowest BCUT2D eigenvalue weighted by atomic mass is 10.2. The Morgan fingerprint density at radius 2 is 1.90 bits per heavy atom. The summed E-state index contributed by atoms with van der Waals surface area (Å²) in [4.78, 5) is 11.7. The van der Waals surface area contributed by atoms with Crippen LogP contribution in [0.4, 0.5) is 4.39 Å². The van der Waals surface area contributed by atoms with Crippen molar-refractivity contribution in [1.29, 1.82) is 0 Å². The van der Waals surface area contributed by atoms with Crippen LogP contribution in [0.5, 0.6) is 11.5 Å². The number of hydrogen-bond donors (Lipinski definition) is 0. The molecule has 4 nitrogen and oxygen atoms in total. The zero-order valence-corrected chi connectivity index (χ0v) is 11.8. The molecular formula is C16H15FO4. The maximum Gasteiger partial charge on any atom is 0.341 e. The molecule has 0 aliphatic heterocycles. The molecule has 0 N–H and O–H groups in total. The van der Waals surface area contributed by atoms with Crippen LogP contribution in [0.1, 0.15) is 15.9 Å². The fourth-order valence-corrected chi connectivity index (χ4v) is 1.80. The van der Waals surface area contributed by atoms with E-state index in [1.807, 2.05) is 0 Å². The second-order valence-electron chi connectivity index (χ2n) is 4.23. The maximum atomic E-state index is 13.6. The van der Waals surface area contributed by atoms with Gasteiger partial charge in [0.25, 0.3) is 0 Å². The minimum atomic E-state index is -0.527. The molecule has 0 heterocycles. The standard InChI is InChI=1S/C16H15FO4/c1-19-12-7-8-13(16(18)20-2)15(9-12)21-10-11-5-3-4-6-14(11)17/h3-9H,10H2,1-2H3. The molecule has 110 valence electrons. The number of halogens is 1. The van der Waals surface area contributed by atoms with E-state index in [4.69, 9.17) is 14.2 Å². The van der Waals surface area contributed by atoms with Gasteiger partial charge in [0.05, 0.1) is 14.2 Å². The molecule has 0 fully saturated rings. The van der Waals surface area contributed by atoms with Crippen LogP contribution in [0, 0.1) is 5.82 Å². The van der Waals surface area contributed by atoms with Crippen molar-refractivity contribution in [3.05, 3.63) is 59.4 Å². The third kappa shape index (κ3) is 3.51. The molecule has 0 spiro atoms. The number of benzene rings is 2. The Morgan fingerprint density at radius 3 is 2.57 bits per heavy atom. The van der Waals surface area contributed by atoms with Gasteiger partial charge in [-0.1, -0.05) is 18.2 Å². The second kappa shape index (κ2) is 6.74. The van der Waals surface area contributed by atoms with Gasteiger partial charge in [-0.3, -0.25) is 0 Å². The van der Waals surface area contributed by atoms with Gasteiger partial charge in [0.1, 0.15) is 29.5 Å². The van der Waals surface area contributed by atoms with Crippen LogP contribution < -0.4 is 9.47 Å². The maximum absolute atomic E-state index is 13.6. The number of ether oxygens (including phenoxy) is 3. The molecule has 0 atom stereocenters. The van der Waals surface area contributed by atoms with E-state index >= 15 is 0 Å². The fraction of sp³-hybridized carbons (Fsp3) is 0.188. The fourth-order valence-electron chi connectivity index (χ4n) is 1.80. The van der Waals surface area contributed by atoms with Crippen LogP contribution >= 0.6 is 0 Å². The molecule has 0 radical (unpaired) electrons. The minimum Gasteiger partial charge on any atom is -0.497 e. The Hall–Kier alpha value is -2.56. The molecule has 0 aromatic heterocycles. The Bertz CT molecular complexity index is 640. The van der Waals surface area contributed by atoms with Crippen molar-refractivity contribution in [3.63, 3.8) is 0 Å². The molecule has 0 aliphatic rings. The molecular weight excluding hydrogens is 275 g/mol. The Labute approximate surface area is 122 Å². The molecule has 0 amide bonds. The summed E-state index contributed by atoms with van der Waals surface area (Å²) in [6.45, 7) is 0.00380. The van der Waals surface area contributed by atoms with Crippen molar-refractivity contribution in [3.8, 4) is 11.5 Å². The number of hydrogen-bond acceptors (Lipinski definition) is 4. The van der Waals surface area contributed by atoms with Gasteiger partial charge >= 0.3 is 5.97 Å². The van der Waals surface area contributed by atoms with E-state index in [1.165, 1.54) is 20.3 Å². The van der Waals surface area contributed by atoms with E-state index in [9.17, 15) is 9.18 Å². The molecule has 21 heavy (non-hydrogen) atoms. The summed E-state index contributed by atoms with van der Waals surface area (Å²) in [6, 6.07) is 11.0. The largest absolute Gasteiger partial charge is 0.497 e.